The highest BCUT2D eigenvalue weighted by molar-refractivity contribution is 5.70. The molecule has 0 aromatic carbocycles. The fourth-order valence-electron chi connectivity index (χ4n) is 1.88. The van der Waals surface area contributed by atoms with Crippen LogP contribution < -0.4 is 0 Å². The van der Waals surface area contributed by atoms with Crippen LogP contribution in [0.1, 0.15) is 25.7 Å². The molecule has 0 bridgehead atoms. The predicted octanol–water partition coefficient (Wildman–Crippen LogP) is 1.17. The van der Waals surface area contributed by atoms with Crippen LogP contribution in [0.15, 0.2) is 0 Å². The summed E-state index contributed by atoms with van der Waals surface area (Å²) in [6, 6.07) is 0.122. The number of methoxy groups -OCH3 is 2. The molecule has 1 rings (SSSR count). The van der Waals surface area contributed by atoms with Crippen LogP contribution >= 0.6 is 0 Å². The molecule has 0 aliphatic carbocycles. The van der Waals surface area contributed by atoms with Gasteiger partial charge in [0.15, 0.2) is 0 Å². The first kappa shape index (κ1) is 11.8. The van der Waals surface area contributed by atoms with Crippen molar-refractivity contribution >= 4 is 12.1 Å². The molecule has 0 radical (unpaired) electrons. The second-order valence-electron chi connectivity index (χ2n) is 3.57. The summed E-state index contributed by atoms with van der Waals surface area (Å²) >= 11 is 0. The Bertz CT molecular complexity index is 242. The molecule has 1 heterocycles. The van der Waals surface area contributed by atoms with Gasteiger partial charge in [-0.3, -0.25) is 4.79 Å². The summed E-state index contributed by atoms with van der Waals surface area (Å²) in [5, 5.41) is 0. The number of likely N-dealkylation sites (tertiary alicyclic amines) is 1. The Morgan fingerprint density at radius 3 is 2.67 bits per heavy atom. The van der Waals surface area contributed by atoms with Gasteiger partial charge in [0.2, 0.25) is 0 Å². The Labute approximate surface area is 89.3 Å². The van der Waals surface area contributed by atoms with Crippen molar-refractivity contribution in [1.29, 1.82) is 0 Å². The van der Waals surface area contributed by atoms with Gasteiger partial charge in [-0.05, 0) is 19.3 Å². The quantitative estimate of drug-likeness (QED) is 0.663. The zero-order chi connectivity index (χ0) is 11.3. The van der Waals surface area contributed by atoms with E-state index in [1.807, 2.05) is 0 Å². The van der Waals surface area contributed by atoms with Crippen LogP contribution in [0.2, 0.25) is 0 Å². The lowest BCUT2D eigenvalue weighted by atomic mass is 10.1. The second kappa shape index (κ2) is 5.58. The molecule has 1 aliphatic rings. The monoisotopic (exact) mass is 215 g/mol. The number of nitrogens with zero attached hydrogens (tertiary/aromatic N) is 1. The molecule has 86 valence electrons. The molecule has 0 spiro atoms. The van der Waals surface area contributed by atoms with Crippen LogP contribution in [0, 0.1) is 0 Å². The van der Waals surface area contributed by atoms with Gasteiger partial charge in [0.05, 0.1) is 14.2 Å². The van der Waals surface area contributed by atoms with E-state index in [4.69, 9.17) is 0 Å². The van der Waals surface area contributed by atoms with E-state index >= 15 is 0 Å². The van der Waals surface area contributed by atoms with E-state index < -0.39 is 0 Å². The first-order valence-corrected chi connectivity index (χ1v) is 5.10. The first-order chi connectivity index (χ1) is 7.19. The van der Waals surface area contributed by atoms with Gasteiger partial charge in [0.25, 0.3) is 0 Å². The van der Waals surface area contributed by atoms with Gasteiger partial charge in [-0.15, -0.1) is 0 Å². The fraction of sp³-hybridized carbons (Fsp3) is 0.800. The number of carbonyl (C=O) groups excluding carboxylic acids is 2. The summed E-state index contributed by atoms with van der Waals surface area (Å²) in [4.78, 5) is 24.0. The number of ether oxygens (including phenoxy) is 2. The first-order valence-electron chi connectivity index (χ1n) is 5.10. The van der Waals surface area contributed by atoms with Crippen molar-refractivity contribution in [2.24, 2.45) is 0 Å². The van der Waals surface area contributed by atoms with Gasteiger partial charge in [-0.1, -0.05) is 0 Å². The van der Waals surface area contributed by atoms with E-state index in [1.54, 1.807) is 4.90 Å². The third kappa shape index (κ3) is 3.11. The molecule has 0 aromatic heterocycles. The standard InChI is InChI=1S/C10H17NO4/c1-14-9(12)6-5-8-4-3-7-11(8)10(13)15-2/h8H,3-7H2,1-2H3. The number of esters is 1. The van der Waals surface area contributed by atoms with Crippen molar-refractivity contribution in [3.63, 3.8) is 0 Å². The predicted molar refractivity (Wildman–Crippen MR) is 53.4 cm³/mol. The van der Waals surface area contributed by atoms with Gasteiger partial charge in [-0.25, -0.2) is 4.79 Å². The van der Waals surface area contributed by atoms with Crippen molar-refractivity contribution in [3.8, 4) is 0 Å². The summed E-state index contributed by atoms with van der Waals surface area (Å²) in [5.74, 6) is -0.230. The lowest BCUT2D eigenvalue weighted by Gasteiger charge is -2.22. The Morgan fingerprint density at radius 1 is 1.33 bits per heavy atom. The topological polar surface area (TPSA) is 55.8 Å². The summed E-state index contributed by atoms with van der Waals surface area (Å²) in [7, 11) is 2.74. The Hall–Kier alpha value is -1.26. The maximum Gasteiger partial charge on any atom is 0.409 e. The summed E-state index contributed by atoms with van der Waals surface area (Å²) in [5.41, 5.74) is 0. The van der Waals surface area contributed by atoms with E-state index in [9.17, 15) is 9.59 Å². The van der Waals surface area contributed by atoms with E-state index in [2.05, 4.69) is 9.47 Å². The smallest absolute Gasteiger partial charge is 0.409 e. The zero-order valence-electron chi connectivity index (χ0n) is 9.19. The van der Waals surface area contributed by atoms with E-state index in [0.717, 1.165) is 19.4 Å². The molecule has 0 N–H and O–H groups in total. The highest BCUT2D eigenvalue weighted by Gasteiger charge is 2.29. The minimum absolute atomic E-state index is 0.122. The molecule has 1 saturated heterocycles. The Kier molecular flexibility index (Phi) is 4.39. The maximum absolute atomic E-state index is 11.3. The third-order valence-corrected chi connectivity index (χ3v) is 2.70. The second-order valence-corrected chi connectivity index (χ2v) is 3.57. The molecule has 0 aromatic rings. The van der Waals surface area contributed by atoms with Crippen molar-refractivity contribution < 1.29 is 19.1 Å². The zero-order valence-corrected chi connectivity index (χ0v) is 9.19. The fourth-order valence-corrected chi connectivity index (χ4v) is 1.88. The number of rotatable bonds is 3. The lowest BCUT2D eigenvalue weighted by molar-refractivity contribution is -0.140. The minimum atomic E-state index is -0.303. The normalized spacial score (nSPS) is 20.1. The Morgan fingerprint density at radius 2 is 2.07 bits per heavy atom. The molecule has 5 heteroatoms. The van der Waals surface area contributed by atoms with Crippen LogP contribution in [-0.4, -0.2) is 43.8 Å². The number of amides is 1. The third-order valence-electron chi connectivity index (χ3n) is 2.70. The maximum atomic E-state index is 11.3. The average Bonchev–Trinajstić information content (AvgIpc) is 2.72. The summed E-state index contributed by atoms with van der Waals surface area (Å²) in [6.45, 7) is 0.721. The molecule has 1 atom stereocenters. The molecule has 5 nitrogen and oxygen atoms in total. The highest BCUT2D eigenvalue weighted by Crippen LogP contribution is 2.22. The number of hydrogen-bond acceptors (Lipinski definition) is 4. The number of carbonyl (C=O) groups is 2. The molecule has 15 heavy (non-hydrogen) atoms. The summed E-state index contributed by atoms with van der Waals surface area (Å²) in [6.07, 6.45) is 2.62. The highest BCUT2D eigenvalue weighted by atomic mass is 16.5. The SMILES string of the molecule is COC(=O)CCC1CCCN1C(=O)OC. The lowest BCUT2D eigenvalue weighted by Crippen LogP contribution is -2.35. The van der Waals surface area contributed by atoms with Gasteiger partial charge < -0.3 is 14.4 Å². The molecule has 1 amide bonds. The van der Waals surface area contributed by atoms with Crippen LogP contribution in [-0.2, 0) is 14.3 Å². The van der Waals surface area contributed by atoms with Crippen molar-refractivity contribution in [2.45, 2.75) is 31.7 Å². The van der Waals surface area contributed by atoms with Crippen LogP contribution in [0.25, 0.3) is 0 Å². The van der Waals surface area contributed by atoms with Crippen LogP contribution in [0.5, 0.6) is 0 Å². The van der Waals surface area contributed by atoms with Crippen molar-refractivity contribution in [2.75, 3.05) is 20.8 Å². The van der Waals surface area contributed by atoms with E-state index in [1.165, 1.54) is 14.2 Å². The van der Waals surface area contributed by atoms with Gasteiger partial charge >= 0.3 is 12.1 Å². The molecule has 1 aliphatic heterocycles. The minimum Gasteiger partial charge on any atom is -0.469 e. The van der Waals surface area contributed by atoms with E-state index in [0.29, 0.717) is 12.8 Å². The summed E-state index contributed by atoms with van der Waals surface area (Å²) < 4.78 is 9.23. The Balaban J connectivity index is 2.39. The van der Waals surface area contributed by atoms with Crippen LogP contribution in [0.4, 0.5) is 4.79 Å². The van der Waals surface area contributed by atoms with Crippen molar-refractivity contribution in [3.05, 3.63) is 0 Å². The molecule has 0 saturated carbocycles. The van der Waals surface area contributed by atoms with Gasteiger partial charge in [0, 0.05) is 19.0 Å². The van der Waals surface area contributed by atoms with Crippen molar-refractivity contribution in [1.82, 2.24) is 4.90 Å². The van der Waals surface area contributed by atoms with Crippen LogP contribution in [0.3, 0.4) is 0 Å². The van der Waals surface area contributed by atoms with E-state index in [-0.39, 0.29) is 18.1 Å². The largest absolute Gasteiger partial charge is 0.469 e. The molecular formula is C10H17NO4. The molecular weight excluding hydrogens is 198 g/mol. The molecule has 1 unspecified atom stereocenters. The average molecular weight is 215 g/mol. The van der Waals surface area contributed by atoms with Gasteiger partial charge in [0.1, 0.15) is 0 Å². The molecule has 1 fully saturated rings. The number of hydrogen-bond donors (Lipinski definition) is 0. The van der Waals surface area contributed by atoms with Gasteiger partial charge in [-0.2, -0.15) is 0 Å².